The zero-order valence-corrected chi connectivity index (χ0v) is 15.9. The highest BCUT2D eigenvalue weighted by molar-refractivity contribution is 6.04. The Labute approximate surface area is 169 Å². The van der Waals surface area contributed by atoms with Gasteiger partial charge in [0.25, 0.3) is 17.3 Å². The Morgan fingerprint density at radius 2 is 1.70 bits per heavy atom. The molecular formula is C19H16N4O7. The number of hydrogen-bond acceptors (Lipinski definition) is 8. The third kappa shape index (κ3) is 4.24. The van der Waals surface area contributed by atoms with Crippen LogP contribution in [0.4, 0.5) is 17.1 Å². The molecule has 0 saturated heterocycles. The molecule has 0 atom stereocenters. The number of aryl methyl sites for hydroxylation is 1. The van der Waals surface area contributed by atoms with Gasteiger partial charge in [-0.3, -0.25) is 25.0 Å². The van der Waals surface area contributed by atoms with E-state index < -0.39 is 27.1 Å². The van der Waals surface area contributed by atoms with Crippen LogP contribution in [0.5, 0.6) is 5.75 Å². The van der Waals surface area contributed by atoms with Crippen LogP contribution in [0.15, 0.2) is 47.0 Å². The standard InChI is InChI=1S/C19H16N4O7/c1-11-16(22(25)26)8-13(9-17(11)23(27)28)20-19(24)18-15(12(2)30-21-18)10-29-14-6-4-3-5-7-14/h3-9H,10H2,1-2H3,(H,20,24). The summed E-state index contributed by atoms with van der Waals surface area (Å²) in [4.78, 5) is 33.6. The Morgan fingerprint density at radius 1 is 1.10 bits per heavy atom. The first-order valence-electron chi connectivity index (χ1n) is 8.65. The lowest BCUT2D eigenvalue weighted by molar-refractivity contribution is -0.395. The minimum atomic E-state index is -0.753. The van der Waals surface area contributed by atoms with Crippen LogP contribution in [0, 0.1) is 34.1 Å². The smallest absolute Gasteiger partial charge is 0.281 e. The van der Waals surface area contributed by atoms with Gasteiger partial charge in [0.1, 0.15) is 23.7 Å². The van der Waals surface area contributed by atoms with Crippen molar-refractivity contribution in [3.8, 4) is 5.75 Å². The fourth-order valence-electron chi connectivity index (χ4n) is 2.74. The quantitative estimate of drug-likeness (QED) is 0.453. The van der Waals surface area contributed by atoms with Crippen molar-refractivity contribution in [1.82, 2.24) is 5.16 Å². The summed E-state index contributed by atoms with van der Waals surface area (Å²) in [5, 5.41) is 28.5. The first-order valence-corrected chi connectivity index (χ1v) is 8.65. The van der Waals surface area contributed by atoms with E-state index in [-0.39, 0.29) is 23.6 Å². The van der Waals surface area contributed by atoms with E-state index in [2.05, 4.69) is 10.5 Å². The van der Waals surface area contributed by atoms with Crippen LogP contribution >= 0.6 is 0 Å². The molecule has 0 aliphatic carbocycles. The maximum absolute atomic E-state index is 12.7. The van der Waals surface area contributed by atoms with Gasteiger partial charge in [0.15, 0.2) is 5.69 Å². The lowest BCUT2D eigenvalue weighted by Gasteiger charge is -2.08. The van der Waals surface area contributed by atoms with Gasteiger partial charge < -0.3 is 14.6 Å². The van der Waals surface area contributed by atoms with Gasteiger partial charge in [0, 0.05) is 12.1 Å². The summed E-state index contributed by atoms with van der Waals surface area (Å²) >= 11 is 0. The largest absolute Gasteiger partial charge is 0.489 e. The third-order valence-electron chi connectivity index (χ3n) is 4.33. The van der Waals surface area contributed by atoms with Crippen molar-refractivity contribution in [3.63, 3.8) is 0 Å². The number of ether oxygens (including phenoxy) is 1. The number of para-hydroxylation sites is 1. The fraction of sp³-hybridized carbons (Fsp3) is 0.158. The maximum atomic E-state index is 12.7. The van der Waals surface area contributed by atoms with Crippen LogP contribution in [0.1, 0.15) is 27.4 Å². The lowest BCUT2D eigenvalue weighted by Crippen LogP contribution is -2.16. The van der Waals surface area contributed by atoms with E-state index in [0.29, 0.717) is 17.1 Å². The van der Waals surface area contributed by atoms with Gasteiger partial charge in [0.2, 0.25) is 0 Å². The predicted octanol–water partition coefficient (Wildman–Crippen LogP) is 3.94. The topological polar surface area (TPSA) is 151 Å². The molecule has 11 nitrogen and oxygen atoms in total. The molecule has 0 aliphatic heterocycles. The number of nitro benzene ring substituents is 2. The molecule has 0 unspecified atom stereocenters. The van der Waals surface area contributed by atoms with Gasteiger partial charge in [0.05, 0.1) is 21.1 Å². The van der Waals surface area contributed by atoms with Crippen molar-refractivity contribution < 1.29 is 23.9 Å². The predicted molar refractivity (Wildman–Crippen MR) is 104 cm³/mol. The van der Waals surface area contributed by atoms with Gasteiger partial charge in [-0.25, -0.2) is 0 Å². The first kappa shape index (κ1) is 20.5. The van der Waals surface area contributed by atoms with Gasteiger partial charge in [-0.1, -0.05) is 23.4 Å². The summed E-state index contributed by atoms with van der Waals surface area (Å²) in [6, 6.07) is 11.0. The van der Waals surface area contributed by atoms with E-state index >= 15 is 0 Å². The summed E-state index contributed by atoms with van der Waals surface area (Å²) in [7, 11) is 0. The summed E-state index contributed by atoms with van der Waals surface area (Å²) in [5.41, 5.74) is -0.898. The molecule has 0 radical (unpaired) electrons. The van der Waals surface area contributed by atoms with Crippen molar-refractivity contribution in [2.45, 2.75) is 20.5 Å². The number of anilines is 1. The number of nitrogens with zero attached hydrogens (tertiary/aromatic N) is 3. The normalized spacial score (nSPS) is 10.5. The van der Waals surface area contributed by atoms with Crippen molar-refractivity contribution in [1.29, 1.82) is 0 Å². The molecule has 0 saturated carbocycles. The number of carbonyl (C=O) groups excluding carboxylic acids is 1. The van der Waals surface area contributed by atoms with E-state index in [1.54, 1.807) is 31.2 Å². The van der Waals surface area contributed by atoms with Crippen molar-refractivity contribution in [2.75, 3.05) is 5.32 Å². The van der Waals surface area contributed by atoms with Crippen molar-refractivity contribution in [2.24, 2.45) is 0 Å². The molecule has 1 N–H and O–H groups in total. The summed E-state index contributed by atoms with van der Waals surface area (Å²) < 4.78 is 10.7. The monoisotopic (exact) mass is 412 g/mol. The summed E-state index contributed by atoms with van der Waals surface area (Å²) in [6.45, 7) is 2.87. The molecule has 2 aromatic carbocycles. The van der Waals surface area contributed by atoms with E-state index in [9.17, 15) is 25.0 Å². The van der Waals surface area contributed by atoms with Crippen molar-refractivity contribution >= 4 is 23.0 Å². The van der Waals surface area contributed by atoms with E-state index in [4.69, 9.17) is 9.26 Å². The number of nitrogens with one attached hydrogen (secondary N) is 1. The molecule has 1 aromatic heterocycles. The molecule has 3 rings (SSSR count). The Balaban J connectivity index is 1.86. The number of aromatic nitrogens is 1. The lowest BCUT2D eigenvalue weighted by atomic mass is 10.1. The number of amides is 1. The van der Waals surface area contributed by atoms with E-state index in [1.807, 2.05) is 6.07 Å². The number of rotatable bonds is 7. The van der Waals surface area contributed by atoms with Crippen LogP contribution in [-0.4, -0.2) is 20.9 Å². The average molecular weight is 412 g/mol. The van der Waals surface area contributed by atoms with E-state index in [1.165, 1.54) is 6.92 Å². The molecule has 0 bridgehead atoms. The summed E-state index contributed by atoms with van der Waals surface area (Å²) in [6.07, 6.45) is 0. The molecule has 1 amide bonds. The van der Waals surface area contributed by atoms with Crippen LogP contribution < -0.4 is 10.1 Å². The Bertz CT molecular complexity index is 1090. The third-order valence-corrected chi connectivity index (χ3v) is 4.33. The SMILES string of the molecule is Cc1onc(C(=O)Nc2cc([N+](=O)[O-])c(C)c([N+](=O)[O-])c2)c1COc1ccccc1. The second-order valence-electron chi connectivity index (χ2n) is 6.28. The van der Waals surface area contributed by atoms with Crippen LogP contribution in [0.2, 0.25) is 0 Å². The maximum Gasteiger partial charge on any atom is 0.281 e. The highest BCUT2D eigenvalue weighted by atomic mass is 16.6. The van der Waals surface area contributed by atoms with E-state index in [0.717, 1.165) is 12.1 Å². The molecule has 154 valence electrons. The molecule has 0 aliphatic rings. The molecule has 1 heterocycles. The zero-order valence-electron chi connectivity index (χ0n) is 15.9. The van der Waals surface area contributed by atoms with Crippen LogP contribution in [0.3, 0.4) is 0 Å². The number of carbonyl (C=O) groups is 1. The summed E-state index contributed by atoms with van der Waals surface area (Å²) in [5.74, 6) is 0.192. The minimum absolute atomic E-state index is 0.00368. The number of nitro groups is 2. The second kappa shape index (κ2) is 8.39. The Kier molecular flexibility index (Phi) is 5.72. The Morgan fingerprint density at radius 3 is 2.27 bits per heavy atom. The van der Waals surface area contributed by atoms with Gasteiger partial charge in [-0.05, 0) is 26.0 Å². The number of benzene rings is 2. The number of hydrogen-bond donors (Lipinski definition) is 1. The van der Waals surface area contributed by atoms with Crippen LogP contribution in [-0.2, 0) is 6.61 Å². The molecular weight excluding hydrogens is 396 g/mol. The first-order chi connectivity index (χ1) is 14.3. The van der Waals surface area contributed by atoms with Crippen molar-refractivity contribution in [3.05, 3.63) is 85.3 Å². The average Bonchev–Trinajstić information content (AvgIpc) is 3.08. The fourth-order valence-corrected chi connectivity index (χ4v) is 2.74. The highest BCUT2D eigenvalue weighted by Gasteiger charge is 2.26. The molecule has 0 fully saturated rings. The second-order valence-corrected chi connectivity index (χ2v) is 6.28. The molecule has 11 heteroatoms. The van der Waals surface area contributed by atoms with Crippen LogP contribution in [0.25, 0.3) is 0 Å². The van der Waals surface area contributed by atoms with Gasteiger partial charge >= 0.3 is 0 Å². The molecule has 0 spiro atoms. The Hall–Kier alpha value is -4.28. The highest BCUT2D eigenvalue weighted by Crippen LogP contribution is 2.32. The van der Waals surface area contributed by atoms with Gasteiger partial charge in [-0.2, -0.15) is 0 Å². The minimum Gasteiger partial charge on any atom is -0.489 e. The van der Waals surface area contributed by atoms with Gasteiger partial charge in [-0.15, -0.1) is 0 Å². The zero-order chi connectivity index (χ0) is 21.8. The molecule has 30 heavy (non-hydrogen) atoms. The molecule has 3 aromatic rings.